The Morgan fingerprint density at radius 3 is 2.18 bits per heavy atom. The minimum absolute atomic E-state index is 0.0985. The average molecular weight is 297 g/mol. The third kappa shape index (κ3) is 4.01. The summed E-state index contributed by atoms with van der Waals surface area (Å²) in [4.78, 5) is 12.3. The molecule has 0 heterocycles. The minimum atomic E-state index is -0.262. The van der Waals surface area contributed by atoms with E-state index in [9.17, 15) is 4.79 Å². The number of rotatable bonds is 3. The molecule has 4 heteroatoms. The molecule has 0 aromatic heterocycles. The molecule has 116 valence electrons. The lowest BCUT2D eigenvalue weighted by Gasteiger charge is -2.32. The summed E-state index contributed by atoms with van der Waals surface area (Å²) in [6.45, 7) is 6.30. The summed E-state index contributed by atoms with van der Waals surface area (Å²) < 4.78 is 0. The first-order valence-electron chi connectivity index (χ1n) is 7.35. The highest BCUT2D eigenvalue weighted by atomic mass is 16.2. The lowest BCUT2D eigenvalue weighted by atomic mass is 9.82. The van der Waals surface area contributed by atoms with Crippen molar-refractivity contribution in [1.29, 1.82) is 0 Å². The number of nitrogens with one attached hydrogen (secondary N) is 2. The molecule has 0 radical (unpaired) electrons. The molecule has 0 aliphatic carbocycles. The molecule has 2 aromatic rings. The lowest BCUT2D eigenvalue weighted by molar-refractivity contribution is 0.229. The van der Waals surface area contributed by atoms with Gasteiger partial charge in [0.2, 0.25) is 0 Å². The number of amides is 2. The lowest BCUT2D eigenvalue weighted by Crippen LogP contribution is -2.39. The highest BCUT2D eigenvalue weighted by Crippen LogP contribution is 2.32. The Balaban J connectivity index is 2.14. The largest absolute Gasteiger partial charge is 0.397 e. The van der Waals surface area contributed by atoms with E-state index in [1.165, 1.54) is 0 Å². The first-order valence-corrected chi connectivity index (χ1v) is 7.35. The maximum absolute atomic E-state index is 12.3. The second-order valence-corrected chi connectivity index (χ2v) is 6.40. The summed E-state index contributed by atoms with van der Waals surface area (Å²) in [7, 11) is 0. The number of carbonyl (C=O) groups excluding carboxylic acids is 1. The van der Waals surface area contributed by atoms with Crippen molar-refractivity contribution in [2.75, 3.05) is 11.1 Å². The van der Waals surface area contributed by atoms with Gasteiger partial charge in [-0.05, 0) is 23.1 Å². The predicted molar refractivity (Wildman–Crippen MR) is 91.6 cm³/mol. The second kappa shape index (κ2) is 6.52. The van der Waals surface area contributed by atoms with Gasteiger partial charge in [0, 0.05) is 0 Å². The summed E-state index contributed by atoms with van der Waals surface area (Å²) in [6, 6.07) is 16.8. The molecule has 0 unspecified atom stereocenters. The van der Waals surface area contributed by atoms with Gasteiger partial charge in [0.05, 0.1) is 17.4 Å². The number of carbonyl (C=O) groups is 1. The monoisotopic (exact) mass is 297 g/mol. The summed E-state index contributed by atoms with van der Waals surface area (Å²) in [5, 5.41) is 5.85. The van der Waals surface area contributed by atoms with Crippen LogP contribution in [-0.2, 0) is 0 Å². The SMILES string of the molecule is CC(C)(C)[C@H](NC(=O)Nc1ccccc1N)c1ccccc1. The minimum Gasteiger partial charge on any atom is -0.397 e. The van der Waals surface area contributed by atoms with E-state index in [0.717, 1.165) is 5.56 Å². The van der Waals surface area contributed by atoms with Crippen molar-refractivity contribution in [1.82, 2.24) is 5.32 Å². The van der Waals surface area contributed by atoms with Gasteiger partial charge in [-0.1, -0.05) is 63.2 Å². The Labute approximate surface area is 131 Å². The van der Waals surface area contributed by atoms with E-state index in [0.29, 0.717) is 11.4 Å². The Morgan fingerprint density at radius 2 is 1.59 bits per heavy atom. The van der Waals surface area contributed by atoms with Crippen LogP contribution in [0.2, 0.25) is 0 Å². The summed E-state index contributed by atoms with van der Waals surface area (Å²) >= 11 is 0. The fraction of sp³-hybridized carbons (Fsp3) is 0.278. The normalized spacial score (nSPS) is 12.5. The maximum atomic E-state index is 12.3. The smallest absolute Gasteiger partial charge is 0.319 e. The van der Waals surface area contributed by atoms with E-state index < -0.39 is 0 Å². The van der Waals surface area contributed by atoms with Crippen molar-refractivity contribution >= 4 is 17.4 Å². The predicted octanol–water partition coefficient (Wildman–Crippen LogP) is 4.18. The van der Waals surface area contributed by atoms with E-state index >= 15 is 0 Å². The van der Waals surface area contributed by atoms with Crippen molar-refractivity contribution in [2.45, 2.75) is 26.8 Å². The quantitative estimate of drug-likeness (QED) is 0.744. The van der Waals surface area contributed by atoms with Gasteiger partial charge in [-0.3, -0.25) is 0 Å². The van der Waals surface area contributed by atoms with Crippen LogP contribution in [0.5, 0.6) is 0 Å². The molecule has 22 heavy (non-hydrogen) atoms. The highest BCUT2D eigenvalue weighted by molar-refractivity contribution is 5.92. The molecule has 4 nitrogen and oxygen atoms in total. The van der Waals surface area contributed by atoms with E-state index in [4.69, 9.17) is 5.73 Å². The van der Waals surface area contributed by atoms with Crippen LogP contribution in [0.25, 0.3) is 0 Å². The van der Waals surface area contributed by atoms with Crippen molar-refractivity contribution in [3.8, 4) is 0 Å². The van der Waals surface area contributed by atoms with Gasteiger partial charge in [0.15, 0.2) is 0 Å². The molecule has 0 aliphatic heterocycles. The molecule has 4 N–H and O–H groups in total. The molecule has 0 spiro atoms. The Kier molecular flexibility index (Phi) is 4.71. The van der Waals surface area contributed by atoms with Crippen molar-refractivity contribution in [2.24, 2.45) is 5.41 Å². The van der Waals surface area contributed by atoms with E-state index in [1.54, 1.807) is 12.1 Å². The molecule has 0 aliphatic rings. The van der Waals surface area contributed by atoms with Gasteiger partial charge in [0.25, 0.3) is 0 Å². The number of para-hydroxylation sites is 2. The van der Waals surface area contributed by atoms with Crippen LogP contribution in [0, 0.1) is 5.41 Å². The Bertz CT molecular complexity index is 632. The summed E-state index contributed by atoms with van der Waals surface area (Å²) in [6.07, 6.45) is 0. The molecule has 0 saturated carbocycles. The third-order valence-electron chi connectivity index (χ3n) is 3.48. The van der Waals surface area contributed by atoms with Crippen LogP contribution >= 0.6 is 0 Å². The van der Waals surface area contributed by atoms with Gasteiger partial charge in [-0.15, -0.1) is 0 Å². The van der Waals surface area contributed by atoms with Crippen LogP contribution in [0.15, 0.2) is 54.6 Å². The summed E-state index contributed by atoms with van der Waals surface area (Å²) in [5.41, 5.74) is 7.98. The standard InChI is InChI=1S/C18H23N3O/c1-18(2,3)16(13-9-5-4-6-10-13)21-17(22)20-15-12-8-7-11-14(15)19/h4-12,16H,19H2,1-3H3,(H2,20,21,22)/t16-/m1/s1. The molecule has 0 saturated heterocycles. The zero-order chi connectivity index (χ0) is 16.2. The van der Waals surface area contributed by atoms with Crippen LogP contribution in [-0.4, -0.2) is 6.03 Å². The first kappa shape index (κ1) is 15.9. The maximum Gasteiger partial charge on any atom is 0.319 e. The topological polar surface area (TPSA) is 67.2 Å². The van der Waals surface area contributed by atoms with Crippen LogP contribution < -0.4 is 16.4 Å². The number of nitrogen functional groups attached to an aromatic ring is 1. The Hall–Kier alpha value is -2.49. The van der Waals surface area contributed by atoms with Crippen LogP contribution in [0.4, 0.5) is 16.2 Å². The zero-order valence-electron chi connectivity index (χ0n) is 13.3. The number of nitrogens with two attached hydrogens (primary N) is 1. The molecule has 2 rings (SSSR count). The van der Waals surface area contributed by atoms with Crippen LogP contribution in [0.3, 0.4) is 0 Å². The second-order valence-electron chi connectivity index (χ2n) is 6.40. The summed E-state index contributed by atoms with van der Waals surface area (Å²) in [5.74, 6) is 0. The van der Waals surface area contributed by atoms with Gasteiger partial charge in [0.1, 0.15) is 0 Å². The molecule has 2 aromatic carbocycles. The van der Waals surface area contributed by atoms with Crippen molar-refractivity contribution in [3.63, 3.8) is 0 Å². The number of benzene rings is 2. The number of hydrogen-bond donors (Lipinski definition) is 3. The van der Waals surface area contributed by atoms with Gasteiger partial charge in [-0.25, -0.2) is 4.79 Å². The average Bonchev–Trinajstić information content (AvgIpc) is 2.47. The fourth-order valence-electron chi connectivity index (χ4n) is 2.35. The fourth-order valence-corrected chi connectivity index (χ4v) is 2.35. The zero-order valence-corrected chi connectivity index (χ0v) is 13.3. The first-order chi connectivity index (χ1) is 10.4. The van der Waals surface area contributed by atoms with Crippen molar-refractivity contribution < 1.29 is 4.79 Å². The Morgan fingerprint density at radius 1 is 1.00 bits per heavy atom. The highest BCUT2D eigenvalue weighted by Gasteiger charge is 2.27. The van der Waals surface area contributed by atoms with Gasteiger partial charge < -0.3 is 16.4 Å². The van der Waals surface area contributed by atoms with Crippen molar-refractivity contribution in [3.05, 3.63) is 60.2 Å². The molecule has 2 amide bonds. The van der Waals surface area contributed by atoms with E-state index in [1.807, 2.05) is 42.5 Å². The van der Waals surface area contributed by atoms with E-state index in [-0.39, 0.29) is 17.5 Å². The molecular formula is C18H23N3O. The van der Waals surface area contributed by atoms with Gasteiger partial charge in [-0.2, -0.15) is 0 Å². The third-order valence-corrected chi connectivity index (χ3v) is 3.48. The molecule has 1 atom stereocenters. The number of hydrogen-bond acceptors (Lipinski definition) is 2. The number of urea groups is 1. The van der Waals surface area contributed by atoms with Crippen LogP contribution in [0.1, 0.15) is 32.4 Å². The number of anilines is 2. The molecular weight excluding hydrogens is 274 g/mol. The van der Waals surface area contributed by atoms with Gasteiger partial charge >= 0.3 is 6.03 Å². The van der Waals surface area contributed by atoms with E-state index in [2.05, 4.69) is 31.4 Å². The molecule has 0 bridgehead atoms. The molecule has 0 fully saturated rings.